The van der Waals surface area contributed by atoms with Gasteiger partial charge in [0.2, 0.25) is 0 Å². The van der Waals surface area contributed by atoms with E-state index in [1.807, 2.05) is 0 Å². The average molecular weight is 480 g/mol. The molecule has 0 aliphatic carbocycles. The summed E-state index contributed by atoms with van der Waals surface area (Å²) >= 11 is 0. The number of methoxy groups -OCH3 is 1. The lowest BCUT2D eigenvalue weighted by molar-refractivity contribution is -0.929. The van der Waals surface area contributed by atoms with Crippen LogP contribution in [0.4, 0.5) is 0 Å². The highest BCUT2D eigenvalue weighted by Crippen LogP contribution is 2.18. The molecule has 0 radical (unpaired) electrons. The van der Waals surface area contributed by atoms with Crippen LogP contribution in [-0.2, 0) is 19.6 Å². The molecular formula is C25H53NO5S. The molecule has 0 saturated carbocycles. The van der Waals surface area contributed by atoms with E-state index in [0.29, 0.717) is 26.2 Å². The summed E-state index contributed by atoms with van der Waals surface area (Å²) in [6.07, 6.45) is 16.6. The van der Waals surface area contributed by atoms with Crippen molar-refractivity contribution in [3.8, 4) is 0 Å². The summed E-state index contributed by atoms with van der Waals surface area (Å²) in [7, 11) is -2.44. The Morgan fingerprint density at radius 2 is 1.09 bits per heavy atom. The lowest BCUT2D eigenvalue weighted by atomic mass is 10.1. The fourth-order valence-electron chi connectivity index (χ4n) is 4.35. The molecule has 0 rings (SSSR count). The normalized spacial score (nSPS) is 12.5. The molecule has 0 heterocycles. The molecule has 0 aliphatic heterocycles. The summed E-state index contributed by atoms with van der Waals surface area (Å²) in [5, 5.41) is 0. The lowest BCUT2D eigenvalue weighted by Gasteiger charge is -2.39. The molecule has 0 aromatic heterocycles. The van der Waals surface area contributed by atoms with Gasteiger partial charge in [0.15, 0.2) is 0 Å². The lowest BCUT2D eigenvalue weighted by Crippen LogP contribution is -2.52. The molecule has 0 aromatic carbocycles. The maximum atomic E-state index is 11.0. The van der Waals surface area contributed by atoms with Gasteiger partial charge in [-0.2, -0.15) is 0 Å². The van der Waals surface area contributed by atoms with Gasteiger partial charge in [-0.15, -0.1) is 0 Å². The van der Waals surface area contributed by atoms with E-state index in [-0.39, 0.29) is 5.75 Å². The van der Waals surface area contributed by atoms with Crippen molar-refractivity contribution in [2.45, 2.75) is 104 Å². The predicted molar refractivity (Wildman–Crippen MR) is 133 cm³/mol. The van der Waals surface area contributed by atoms with Gasteiger partial charge in [-0.25, -0.2) is 8.42 Å². The third-order valence-corrected chi connectivity index (χ3v) is 7.18. The molecule has 0 bridgehead atoms. The van der Waals surface area contributed by atoms with E-state index in [9.17, 15) is 13.0 Å². The zero-order chi connectivity index (χ0) is 24.0. The summed E-state index contributed by atoms with van der Waals surface area (Å²) in [5.41, 5.74) is 0. The Morgan fingerprint density at radius 3 is 1.56 bits per heavy atom. The van der Waals surface area contributed by atoms with E-state index in [2.05, 4.69) is 13.8 Å². The third kappa shape index (κ3) is 20.4. The summed E-state index contributed by atoms with van der Waals surface area (Å²) < 4.78 is 45.0. The highest BCUT2D eigenvalue weighted by Gasteiger charge is 2.26. The van der Waals surface area contributed by atoms with Crippen LogP contribution in [0.15, 0.2) is 0 Å². The zero-order valence-electron chi connectivity index (χ0n) is 21.5. The number of unbranched alkanes of at least 4 members (excludes halogenated alkanes) is 11. The van der Waals surface area contributed by atoms with Gasteiger partial charge in [0.05, 0.1) is 49.6 Å². The van der Waals surface area contributed by atoms with E-state index in [0.717, 1.165) is 37.1 Å². The number of rotatable bonds is 25. The number of quaternary nitrogens is 1. The van der Waals surface area contributed by atoms with Crippen molar-refractivity contribution in [1.82, 2.24) is 0 Å². The molecule has 7 heteroatoms. The van der Waals surface area contributed by atoms with Gasteiger partial charge in [-0.3, -0.25) is 0 Å². The zero-order valence-corrected chi connectivity index (χ0v) is 22.3. The summed E-state index contributed by atoms with van der Waals surface area (Å²) in [6, 6.07) is 0. The molecular weight excluding hydrogens is 426 g/mol. The standard InChI is InChI=1S/C25H53NO5S/c1-4-6-8-10-12-14-18-26(21-22-31-24-23-30-3,19-15-13-11-9-7-5-2)20-16-17-25-32(27,28)29/h4-25H2,1-3H3. The fourth-order valence-corrected chi connectivity index (χ4v) is 4.91. The van der Waals surface area contributed by atoms with E-state index >= 15 is 0 Å². The third-order valence-electron chi connectivity index (χ3n) is 6.39. The first-order valence-corrected chi connectivity index (χ1v) is 14.8. The van der Waals surface area contributed by atoms with Crippen molar-refractivity contribution < 1.29 is 26.9 Å². The molecule has 0 aliphatic rings. The Hall–Kier alpha value is -0.210. The average Bonchev–Trinajstić information content (AvgIpc) is 2.75. The maximum absolute atomic E-state index is 11.0. The quantitative estimate of drug-likeness (QED) is 0.0980. The minimum absolute atomic E-state index is 0.245. The number of nitrogens with zero attached hydrogens (tertiary/aromatic N) is 1. The molecule has 194 valence electrons. The van der Waals surface area contributed by atoms with Crippen molar-refractivity contribution in [2.75, 3.05) is 58.9 Å². The molecule has 0 aromatic rings. The maximum Gasteiger partial charge on any atom is 0.102 e. The highest BCUT2D eigenvalue weighted by molar-refractivity contribution is 7.85. The summed E-state index contributed by atoms with van der Waals surface area (Å²) in [4.78, 5) is 0. The smallest absolute Gasteiger partial charge is 0.102 e. The minimum atomic E-state index is -4.12. The SMILES string of the molecule is CCCCCCCC[N+](CCCCCCCC)(CCCCS(=O)(=O)[O-])CCOCCOC. The van der Waals surface area contributed by atoms with Gasteiger partial charge in [0, 0.05) is 12.9 Å². The Balaban J connectivity index is 4.86. The molecule has 0 N–H and O–H groups in total. The van der Waals surface area contributed by atoms with Crippen molar-refractivity contribution in [3.05, 3.63) is 0 Å². The first-order chi connectivity index (χ1) is 15.4. The van der Waals surface area contributed by atoms with Crippen LogP contribution < -0.4 is 0 Å². The first-order valence-electron chi connectivity index (χ1n) is 13.2. The van der Waals surface area contributed by atoms with Crippen molar-refractivity contribution >= 4 is 10.1 Å². The molecule has 0 unspecified atom stereocenters. The van der Waals surface area contributed by atoms with Gasteiger partial charge in [-0.1, -0.05) is 65.2 Å². The second-order valence-corrected chi connectivity index (χ2v) is 10.9. The molecule has 0 spiro atoms. The van der Waals surface area contributed by atoms with Gasteiger partial charge in [0.1, 0.15) is 6.54 Å². The second kappa shape index (κ2) is 21.3. The molecule has 0 saturated heterocycles. The van der Waals surface area contributed by atoms with Gasteiger partial charge in [-0.05, 0) is 38.5 Å². The number of ether oxygens (including phenoxy) is 2. The highest BCUT2D eigenvalue weighted by atomic mass is 32.2. The van der Waals surface area contributed by atoms with Crippen LogP contribution in [0.25, 0.3) is 0 Å². The van der Waals surface area contributed by atoms with Gasteiger partial charge < -0.3 is 18.5 Å². The van der Waals surface area contributed by atoms with Gasteiger partial charge >= 0.3 is 0 Å². The molecule has 0 atom stereocenters. The minimum Gasteiger partial charge on any atom is -0.748 e. The van der Waals surface area contributed by atoms with Crippen LogP contribution in [0, 0.1) is 0 Å². The Morgan fingerprint density at radius 1 is 0.625 bits per heavy atom. The molecule has 0 amide bonds. The molecule has 0 fully saturated rings. The predicted octanol–water partition coefficient (Wildman–Crippen LogP) is 5.51. The topological polar surface area (TPSA) is 75.7 Å². The van der Waals surface area contributed by atoms with Crippen LogP contribution >= 0.6 is 0 Å². The van der Waals surface area contributed by atoms with E-state index in [4.69, 9.17) is 9.47 Å². The first kappa shape index (κ1) is 31.8. The van der Waals surface area contributed by atoms with Crippen LogP contribution in [-0.4, -0.2) is 76.3 Å². The van der Waals surface area contributed by atoms with E-state index in [1.165, 1.54) is 77.0 Å². The monoisotopic (exact) mass is 479 g/mol. The number of hydrogen-bond donors (Lipinski definition) is 0. The summed E-state index contributed by atoms with van der Waals surface area (Å²) in [6.45, 7) is 10.6. The van der Waals surface area contributed by atoms with E-state index < -0.39 is 10.1 Å². The van der Waals surface area contributed by atoms with E-state index in [1.54, 1.807) is 7.11 Å². The van der Waals surface area contributed by atoms with Crippen LogP contribution in [0.3, 0.4) is 0 Å². The van der Waals surface area contributed by atoms with Crippen molar-refractivity contribution in [3.63, 3.8) is 0 Å². The van der Waals surface area contributed by atoms with Crippen LogP contribution in [0.1, 0.15) is 104 Å². The Labute approximate surface area is 199 Å². The molecule has 32 heavy (non-hydrogen) atoms. The largest absolute Gasteiger partial charge is 0.748 e. The molecule has 6 nitrogen and oxygen atoms in total. The second-order valence-electron chi connectivity index (χ2n) is 9.35. The van der Waals surface area contributed by atoms with Gasteiger partial charge in [0.25, 0.3) is 0 Å². The van der Waals surface area contributed by atoms with Crippen LogP contribution in [0.2, 0.25) is 0 Å². The van der Waals surface area contributed by atoms with Crippen molar-refractivity contribution in [1.29, 1.82) is 0 Å². The number of hydrogen-bond acceptors (Lipinski definition) is 5. The Kier molecular flexibility index (Phi) is 21.2. The fraction of sp³-hybridized carbons (Fsp3) is 1.00. The Bertz CT molecular complexity index is 483. The summed E-state index contributed by atoms with van der Waals surface area (Å²) in [5.74, 6) is -0.245. The van der Waals surface area contributed by atoms with Crippen molar-refractivity contribution in [2.24, 2.45) is 0 Å². The van der Waals surface area contributed by atoms with Crippen LogP contribution in [0.5, 0.6) is 0 Å².